The molecule has 2 unspecified atom stereocenters. The van der Waals surface area contributed by atoms with Crippen molar-refractivity contribution in [3.05, 3.63) is 0 Å². The molecule has 2 aliphatic heterocycles. The first kappa shape index (κ1) is 13.3. The van der Waals surface area contributed by atoms with E-state index in [4.69, 9.17) is 5.14 Å². The van der Waals surface area contributed by atoms with E-state index in [1.807, 2.05) is 0 Å². The molecule has 0 saturated carbocycles. The second-order valence-corrected chi connectivity index (χ2v) is 7.13. The predicted molar refractivity (Wildman–Crippen MR) is 68.2 cm³/mol. The SMILES string of the molecule is CN1C2CCCC1CC(NCCS(N)(=O)=O)C2. The van der Waals surface area contributed by atoms with Crippen molar-refractivity contribution in [2.75, 3.05) is 19.3 Å². The third-order valence-corrected chi connectivity index (χ3v) is 4.93. The predicted octanol–water partition coefficient (Wildman–Crippen LogP) is -0.120. The van der Waals surface area contributed by atoms with Gasteiger partial charge >= 0.3 is 0 Å². The molecule has 2 heterocycles. The fraction of sp³-hybridized carbons (Fsp3) is 1.00. The van der Waals surface area contributed by atoms with Crippen molar-refractivity contribution in [2.24, 2.45) is 5.14 Å². The maximum atomic E-state index is 10.9. The number of nitrogens with two attached hydrogens (primary N) is 1. The molecule has 0 amide bonds. The standard InChI is InChI=1S/C11H23N3O2S/c1-14-10-3-2-4-11(14)8-9(7-10)13-5-6-17(12,15)16/h9-11,13H,2-8H2,1H3,(H2,12,15,16). The van der Waals surface area contributed by atoms with Crippen LogP contribution in [0.4, 0.5) is 0 Å². The quantitative estimate of drug-likeness (QED) is 0.740. The van der Waals surface area contributed by atoms with Crippen LogP contribution < -0.4 is 10.5 Å². The van der Waals surface area contributed by atoms with Gasteiger partial charge in [-0.3, -0.25) is 0 Å². The van der Waals surface area contributed by atoms with Crippen molar-refractivity contribution < 1.29 is 8.42 Å². The Kier molecular flexibility index (Phi) is 4.07. The number of primary sulfonamides is 1. The molecule has 0 spiro atoms. The lowest BCUT2D eigenvalue weighted by atomic mass is 9.82. The van der Waals surface area contributed by atoms with Gasteiger partial charge in [0.25, 0.3) is 0 Å². The molecule has 0 aliphatic carbocycles. The van der Waals surface area contributed by atoms with E-state index >= 15 is 0 Å². The van der Waals surface area contributed by atoms with E-state index in [0.717, 1.165) is 12.8 Å². The minimum Gasteiger partial charge on any atom is -0.313 e. The normalized spacial score (nSPS) is 34.8. The second kappa shape index (κ2) is 5.22. The van der Waals surface area contributed by atoms with Gasteiger partial charge in [0.05, 0.1) is 5.75 Å². The van der Waals surface area contributed by atoms with E-state index in [1.165, 1.54) is 19.3 Å². The molecule has 6 heteroatoms. The topological polar surface area (TPSA) is 75.4 Å². The number of hydrogen-bond acceptors (Lipinski definition) is 4. The first-order valence-electron chi connectivity index (χ1n) is 6.41. The summed E-state index contributed by atoms with van der Waals surface area (Å²) in [5.41, 5.74) is 0. The van der Waals surface area contributed by atoms with Crippen molar-refractivity contribution in [3.63, 3.8) is 0 Å². The van der Waals surface area contributed by atoms with Gasteiger partial charge in [-0.05, 0) is 32.7 Å². The Morgan fingerprint density at radius 3 is 2.41 bits per heavy atom. The summed E-state index contributed by atoms with van der Waals surface area (Å²) >= 11 is 0. The van der Waals surface area contributed by atoms with E-state index in [-0.39, 0.29) is 5.75 Å². The average Bonchev–Trinajstić information content (AvgIpc) is 2.17. The Morgan fingerprint density at radius 2 is 1.88 bits per heavy atom. The van der Waals surface area contributed by atoms with Crippen LogP contribution in [-0.2, 0) is 10.0 Å². The lowest BCUT2D eigenvalue weighted by Crippen LogP contribution is -2.54. The smallest absolute Gasteiger partial charge is 0.210 e. The number of nitrogens with zero attached hydrogens (tertiary/aromatic N) is 1. The van der Waals surface area contributed by atoms with Crippen LogP contribution in [0.25, 0.3) is 0 Å². The molecule has 100 valence electrons. The van der Waals surface area contributed by atoms with Gasteiger partial charge in [0.15, 0.2) is 0 Å². The molecule has 2 rings (SSSR count). The highest BCUT2D eigenvalue weighted by molar-refractivity contribution is 7.89. The molecule has 0 aromatic carbocycles. The van der Waals surface area contributed by atoms with Crippen LogP contribution in [0.15, 0.2) is 0 Å². The highest BCUT2D eigenvalue weighted by Crippen LogP contribution is 2.32. The Labute approximate surface area is 104 Å². The van der Waals surface area contributed by atoms with Crippen molar-refractivity contribution in [1.82, 2.24) is 10.2 Å². The van der Waals surface area contributed by atoms with Gasteiger partial charge in [0.2, 0.25) is 10.0 Å². The molecule has 5 nitrogen and oxygen atoms in total. The molecular weight excluding hydrogens is 238 g/mol. The van der Waals surface area contributed by atoms with Crippen molar-refractivity contribution in [1.29, 1.82) is 0 Å². The van der Waals surface area contributed by atoms with Crippen LogP contribution >= 0.6 is 0 Å². The summed E-state index contributed by atoms with van der Waals surface area (Å²) in [5.74, 6) is 0.0364. The van der Waals surface area contributed by atoms with Crippen molar-refractivity contribution in [3.8, 4) is 0 Å². The highest BCUT2D eigenvalue weighted by atomic mass is 32.2. The van der Waals surface area contributed by atoms with Crippen LogP contribution in [0.2, 0.25) is 0 Å². The maximum Gasteiger partial charge on any atom is 0.210 e. The van der Waals surface area contributed by atoms with E-state index in [0.29, 0.717) is 24.7 Å². The van der Waals surface area contributed by atoms with Crippen LogP contribution in [0.5, 0.6) is 0 Å². The number of hydrogen-bond donors (Lipinski definition) is 2. The minimum absolute atomic E-state index is 0.0364. The molecule has 0 aromatic heterocycles. The average molecular weight is 261 g/mol. The van der Waals surface area contributed by atoms with E-state index in [9.17, 15) is 8.42 Å². The summed E-state index contributed by atoms with van der Waals surface area (Å²) in [5, 5.41) is 8.33. The fourth-order valence-corrected chi connectivity index (χ4v) is 3.59. The largest absolute Gasteiger partial charge is 0.313 e. The lowest BCUT2D eigenvalue weighted by molar-refractivity contribution is 0.0491. The Morgan fingerprint density at radius 1 is 1.29 bits per heavy atom. The molecule has 0 radical (unpaired) electrons. The molecule has 2 aliphatic rings. The number of piperidine rings is 2. The summed E-state index contributed by atoms with van der Waals surface area (Å²) in [6.07, 6.45) is 6.17. The second-order valence-electron chi connectivity index (χ2n) is 5.39. The highest BCUT2D eigenvalue weighted by Gasteiger charge is 2.35. The third kappa shape index (κ3) is 3.64. The zero-order valence-corrected chi connectivity index (χ0v) is 11.2. The van der Waals surface area contributed by atoms with Crippen LogP contribution in [0.3, 0.4) is 0 Å². The van der Waals surface area contributed by atoms with Gasteiger partial charge in [-0.25, -0.2) is 13.6 Å². The number of nitrogens with one attached hydrogen (secondary N) is 1. The summed E-state index contributed by atoms with van der Waals surface area (Å²) in [6, 6.07) is 1.81. The first-order valence-corrected chi connectivity index (χ1v) is 8.13. The molecule has 2 atom stereocenters. The zero-order valence-electron chi connectivity index (χ0n) is 10.4. The lowest BCUT2D eigenvalue weighted by Gasteiger charge is -2.47. The van der Waals surface area contributed by atoms with Crippen molar-refractivity contribution >= 4 is 10.0 Å². The van der Waals surface area contributed by atoms with E-state index in [1.54, 1.807) is 0 Å². The Balaban J connectivity index is 1.80. The summed E-state index contributed by atoms with van der Waals surface area (Å²) in [6.45, 7) is 0.479. The van der Waals surface area contributed by atoms with Crippen molar-refractivity contribution in [2.45, 2.75) is 50.2 Å². The third-order valence-electron chi connectivity index (χ3n) is 4.16. The summed E-state index contributed by atoms with van der Waals surface area (Å²) in [4.78, 5) is 2.50. The fourth-order valence-electron chi connectivity index (χ4n) is 3.19. The Hall–Kier alpha value is -0.170. The number of rotatable bonds is 4. The first-order chi connectivity index (χ1) is 7.96. The van der Waals surface area contributed by atoms with Gasteiger partial charge < -0.3 is 10.2 Å². The molecule has 0 aromatic rings. The Bertz CT molecular complexity index is 344. The van der Waals surface area contributed by atoms with E-state index in [2.05, 4.69) is 17.3 Å². The molecule has 17 heavy (non-hydrogen) atoms. The molecular formula is C11H23N3O2S. The van der Waals surface area contributed by atoms with Crippen LogP contribution in [0, 0.1) is 0 Å². The molecule has 2 fully saturated rings. The van der Waals surface area contributed by atoms with Gasteiger partial charge in [0, 0.05) is 24.7 Å². The van der Waals surface area contributed by atoms with Crippen LogP contribution in [0.1, 0.15) is 32.1 Å². The molecule has 2 bridgehead atoms. The molecule has 3 N–H and O–H groups in total. The van der Waals surface area contributed by atoms with Gasteiger partial charge in [-0.1, -0.05) is 6.42 Å². The molecule has 2 saturated heterocycles. The maximum absolute atomic E-state index is 10.9. The van der Waals surface area contributed by atoms with E-state index < -0.39 is 10.0 Å². The summed E-state index contributed by atoms with van der Waals surface area (Å²) in [7, 11) is -1.11. The zero-order chi connectivity index (χ0) is 12.5. The van der Waals surface area contributed by atoms with Gasteiger partial charge in [0.1, 0.15) is 0 Å². The van der Waals surface area contributed by atoms with Crippen LogP contribution in [-0.4, -0.2) is 50.8 Å². The minimum atomic E-state index is -3.33. The number of fused-ring (bicyclic) bond motifs is 2. The van der Waals surface area contributed by atoms with Gasteiger partial charge in [-0.2, -0.15) is 0 Å². The number of sulfonamides is 1. The summed E-state index contributed by atoms with van der Waals surface area (Å²) < 4.78 is 21.7. The van der Waals surface area contributed by atoms with Gasteiger partial charge in [-0.15, -0.1) is 0 Å². The monoisotopic (exact) mass is 261 g/mol.